The molecule has 3 aromatic rings. The first kappa shape index (κ1) is 19.6. The molecule has 3 rings (SSSR count). The van der Waals surface area contributed by atoms with Gasteiger partial charge in [-0.15, -0.1) is 0 Å². The fourth-order valence-electron chi connectivity index (χ4n) is 2.84. The van der Waals surface area contributed by atoms with E-state index < -0.39 is 0 Å². The van der Waals surface area contributed by atoms with E-state index in [1.807, 2.05) is 42.5 Å². The monoisotopic (exact) mass is 392 g/mol. The van der Waals surface area contributed by atoms with Crippen LogP contribution in [0.4, 0.5) is 5.69 Å². The molecule has 0 unspecified atom stereocenters. The van der Waals surface area contributed by atoms with Crippen molar-refractivity contribution < 1.29 is 9.59 Å². The Bertz CT molecular complexity index is 939. The van der Waals surface area contributed by atoms with Crippen LogP contribution >= 0.6 is 11.6 Å². The molecule has 0 saturated heterocycles. The summed E-state index contributed by atoms with van der Waals surface area (Å²) in [7, 11) is 1.77. The molecule has 0 heterocycles. The Morgan fingerprint density at radius 3 is 2.14 bits per heavy atom. The van der Waals surface area contributed by atoms with E-state index in [-0.39, 0.29) is 18.2 Å². The van der Waals surface area contributed by atoms with Gasteiger partial charge in [-0.1, -0.05) is 54.1 Å². The highest BCUT2D eigenvalue weighted by molar-refractivity contribution is 6.30. The average Bonchev–Trinajstić information content (AvgIpc) is 2.70. The van der Waals surface area contributed by atoms with E-state index in [1.54, 1.807) is 48.3 Å². The molecule has 0 aliphatic carbocycles. The van der Waals surface area contributed by atoms with Crippen molar-refractivity contribution >= 4 is 29.1 Å². The summed E-state index contributed by atoms with van der Waals surface area (Å²) >= 11 is 5.85. The largest absolute Gasteiger partial charge is 0.337 e. The van der Waals surface area contributed by atoms with Crippen LogP contribution in [0.25, 0.3) is 0 Å². The van der Waals surface area contributed by atoms with E-state index in [0.29, 0.717) is 22.8 Å². The van der Waals surface area contributed by atoms with Crippen LogP contribution in [-0.2, 0) is 17.8 Å². The van der Waals surface area contributed by atoms with Gasteiger partial charge in [0.2, 0.25) is 5.91 Å². The van der Waals surface area contributed by atoms with Crippen molar-refractivity contribution in [3.8, 4) is 0 Å². The van der Waals surface area contributed by atoms with Crippen LogP contribution in [0.5, 0.6) is 0 Å². The predicted octanol–water partition coefficient (Wildman–Crippen LogP) is 4.79. The molecule has 0 radical (unpaired) electrons. The van der Waals surface area contributed by atoms with Gasteiger partial charge in [0, 0.05) is 29.9 Å². The molecule has 2 amide bonds. The minimum absolute atomic E-state index is 0.0668. The molecule has 0 aromatic heterocycles. The maximum Gasteiger partial charge on any atom is 0.253 e. The maximum atomic E-state index is 12.6. The Hall–Kier alpha value is -3.11. The zero-order valence-electron chi connectivity index (χ0n) is 15.6. The summed E-state index contributed by atoms with van der Waals surface area (Å²) in [5.74, 6) is -0.189. The molecule has 28 heavy (non-hydrogen) atoms. The molecule has 0 aliphatic heterocycles. The third-order valence-corrected chi connectivity index (χ3v) is 4.55. The van der Waals surface area contributed by atoms with Crippen LogP contribution in [0.1, 0.15) is 21.5 Å². The molecule has 1 N–H and O–H groups in total. The second-order valence-corrected chi connectivity index (χ2v) is 7.01. The molecule has 4 nitrogen and oxygen atoms in total. The van der Waals surface area contributed by atoms with Gasteiger partial charge in [0.05, 0.1) is 6.42 Å². The van der Waals surface area contributed by atoms with Crippen molar-refractivity contribution in [3.05, 3.63) is 101 Å². The molecule has 142 valence electrons. The second-order valence-electron chi connectivity index (χ2n) is 6.58. The normalized spacial score (nSPS) is 10.4. The Labute approximate surface area is 169 Å². The van der Waals surface area contributed by atoms with E-state index in [0.717, 1.165) is 11.1 Å². The van der Waals surface area contributed by atoms with Gasteiger partial charge in [0.25, 0.3) is 5.91 Å². The van der Waals surface area contributed by atoms with Crippen molar-refractivity contribution in [1.29, 1.82) is 0 Å². The summed E-state index contributed by atoms with van der Waals surface area (Å²) in [4.78, 5) is 26.4. The molecular weight excluding hydrogens is 372 g/mol. The lowest BCUT2D eigenvalue weighted by molar-refractivity contribution is -0.115. The lowest BCUT2D eigenvalue weighted by atomic mass is 10.1. The van der Waals surface area contributed by atoms with Gasteiger partial charge < -0.3 is 10.2 Å². The molecular formula is C23H21ClN2O2. The summed E-state index contributed by atoms with van der Waals surface area (Å²) in [6, 6.07) is 23.9. The number of benzene rings is 3. The van der Waals surface area contributed by atoms with Gasteiger partial charge in [0.15, 0.2) is 0 Å². The zero-order chi connectivity index (χ0) is 19.9. The molecule has 0 spiro atoms. The number of hydrogen-bond donors (Lipinski definition) is 1. The van der Waals surface area contributed by atoms with Crippen molar-refractivity contribution in [1.82, 2.24) is 4.90 Å². The van der Waals surface area contributed by atoms with E-state index in [4.69, 9.17) is 11.6 Å². The van der Waals surface area contributed by atoms with E-state index >= 15 is 0 Å². The minimum Gasteiger partial charge on any atom is -0.337 e. The van der Waals surface area contributed by atoms with Gasteiger partial charge in [-0.05, 0) is 47.5 Å². The van der Waals surface area contributed by atoms with Crippen LogP contribution in [-0.4, -0.2) is 23.8 Å². The fourth-order valence-corrected chi connectivity index (χ4v) is 2.96. The minimum atomic E-state index is -0.123. The fraction of sp³-hybridized carbons (Fsp3) is 0.130. The topological polar surface area (TPSA) is 49.4 Å². The Morgan fingerprint density at radius 2 is 1.50 bits per heavy atom. The van der Waals surface area contributed by atoms with Gasteiger partial charge in [0.1, 0.15) is 0 Å². The Balaban J connectivity index is 1.57. The van der Waals surface area contributed by atoms with E-state index in [9.17, 15) is 9.59 Å². The number of rotatable bonds is 6. The van der Waals surface area contributed by atoms with Crippen molar-refractivity contribution in [2.75, 3.05) is 12.4 Å². The van der Waals surface area contributed by atoms with Gasteiger partial charge in [-0.25, -0.2) is 0 Å². The number of carbonyl (C=O) groups excluding carboxylic acids is 2. The average molecular weight is 393 g/mol. The summed E-state index contributed by atoms with van der Waals surface area (Å²) < 4.78 is 0. The van der Waals surface area contributed by atoms with E-state index in [1.165, 1.54) is 0 Å². The maximum absolute atomic E-state index is 12.6. The highest BCUT2D eigenvalue weighted by Gasteiger charge is 2.12. The predicted molar refractivity (Wildman–Crippen MR) is 112 cm³/mol. The summed E-state index contributed by atoms with van der Waals surface area (Å²) in [6.45, 7) is 0.541. The van der Waals surface area contributed by atoms with Gasteiger partial charge in [-0.3, -0.25) is 9.59 Å². The second kappa shape index (κ2) is 9.20. The zero-order valence-corrected chi connectivity index (χ0v) is 16.3. The van der Waals surface area contributed by atoms with Crippen LogP contribution < -0.4 is 5.32 Å². The first-order valence-electron chi connectivity index (χ1n) is 8.95. The van der Waals surface area contributed by atoms with Crippen LogP contribution in [0.15, 0.2) is 78.9 Å². The highest BCUT2D eigenvalue weighted by atomic mass is 35.5. The summed E-state index contributed by atoms with van der Waals surface area (Å²) in [6.07, 6.45) is 0.262. The van der Waals surface area contributed by atoms with Crippen molar-refractivity contribution in [2.45, 2.75) is 13.0 Å². The van der Waals surface area contributed by atoms with Gasteiger partial charge >= 0.3 is 0 Å². The van der Waals surface area contributed by atoms with Crippen LogP contribution in [0.2, 0.25) is 5.02 Å². The van der Waals surface area contributed by atoms with Crippen LogP contribution in [0, 0.1) is 0 Å². The van der Waals surface area contributed by atoms with E-state index in [2.05, 4.69) is 5.32 Å². The van der Waals surface area contributed by atoms with Gasteiger partial charge in [-0.2, -0.15) is 0 Å². The molecule has 0 atom stereocenters. The van der Waals surface area contributed by atoms with Crippen LogP contribution in [0.3, 0.4) is 0 Å². The molecule has 3 aromatic carbocycles. The molecule has 0 saturated carbocycles. The SMILES string of the molecule is CN(Cc1ccccc1)C(=O)c1ccc(NC(=O)Cc2ccc(Cl)cc2)cc1. The van der Waals surface area contributed by atoms with Crippen molar-refractivity contribution in [3.63, 3.8) is 0 Å². The third-order valence-electron chi connectivity index (χ3n) is 4.30. The quantitative estimate of drug-likeness (QED) is 0.655. The third kappa shape index (κ3) is 5.44. The smallest absolute Gasteiger partial charge is 0.253 e. The lowest BCUT2D eigenvalue weighted by Crippen LogP contribution is -2.26. The summed E-state index contributed by atoms with van der Waals surface area (Å²) in [5.41, 5.74) is 3.19. The molecule has 0 fully saturated rings. The molecule has 0 aliphatic rings. The highest BCUT2D eigenvalue weighted by Crippen LogP contribution is 2.14. The Kier molecular flexibility index (Phi) is 6.45. The number of nitrogens with one attached hydrogen (secondary N) is 1. The lowest BCUT2D eigenvalue weighted by Gasteiger charge is -2.17. The first-order chi connectivity index (χ1) is 13.5. The summed E-state index contributed by atoms with van der Waals surface area (Å²) in [5, 5.41) is 3.48. The molecule has 0 bridgehead atoms. The number of halogens is 1. The molecule has 5 heteroatoms. The number of anilines is 1. The standard InChI is InChI=1S/C23H21ClN2O2/c1-26(16-18-5-3-2-4-6-18)23(28)19-9-13-21(14-10-19)25-22(27)15-17-7-11-20(24)12-8-17/h2-14H,15-16H2,1H3,(H,25,27). The Morgan fingerprint density at radius 1 is 0.857 bits per heavy atom. The van der Waals surface area contributed by atoms with Crippen molar-refractivity contribution in [2.24, 2.45) is 0 Å². The first-order valence-corrected chi connectivity index (χ1v) is 9.33. The number of nitrogens with zero attached hydrogens (tertiary/aromatic N) is 1. The number of carbonyl (C=O) groups is 2. The number of hydrogen-bond acceptors (Lipinski definition) is 2. The number of amides is 2.